The molecular weight excluding hydrogens is 425 g/mol. The van der Waals surface area contributed by atoms with Gasteiger partial charge < -0.3 is 20.1 Å². The lowest BCUT2D eigenvalue weighted by molar-refractivity contribution is -0.116. The van der Waals surface area contributed by atoms with Gasteiger partial charge in [-0.1, -0.05) is 6.07 Å². The molecule has 2 unspecified atom stereocenters. The minimum Gasteiger partial charge on any atom is -0.339 e. The average Bonchev–Trinajstić information content (AvgIpc) is 3.34. The molecule has 0 spiro atoms. The third kappa shape index (κ3) is 5.74. The molecule has 4 rings (SSSR count). The van der Waals surface area contributed by atoms with Gasteiger partial charge in [0.1, 0.15) is 0 Å². The van der Waals surface area contributed by atoms with Crippen LogP contribution in [0.5, 0.6) is 0 Å². The normalized spacial score (nSPS) is 21.8. The van der Waals surface area contributed by atoms with Crippen LogP contribution in [0.25, 0.3) is 0 Å². The van der Waals surface area contributed by atoms with Crippen molar-refractivity contribution in [1.29, 1.82) is 0 Å². The Morgan fingerprint density at radius 2 is 1.97 bits per heavy atom. The number of carbonyl (C=O) groups is 2. The number of carbonyl (C=O) groups excluding carboxylic acids is 2. The zero-order chi connectivity index (χ0) is 19.5. The lowest BCUT2D eigenvalue weighted by Crippen LogP contribution is -2.48. The van der Waals surface area contributed by atoms with Crippen molar-refractivity contribution in [3.63, 3.8) is 0 Å². The van der Waals surface area contributed by atoms with E-state index in [0.29, 0.717) is 36.3 Å². The molecule has 1 aromatic carbocycles. The van der Waals surface area contributed by atoms with E-state index in [2.05, 4.69) is 15.6 Å². The van der Waals surface area contributed by atoms with Crippen LogP contribution in [-0.2, 0) is 11.3 Å². The largest absolute Gasteiger partial charge is 0.339 e. The summed E-state index contributed by atoms with van der Waals surface area (Å²) in [5.74, 6) is -0.0672. The molecule has 2 fully saturated rings. The van der Waals surface area contributed by atoms with Gasteiger partial charge in [0, 0.05) is 61.8 Å². The molecule has 2 amide bonds. The highest BCUT2D eigenvalue weighted by atomic mass is 35.5. The Morgan fingerprint density at radius 3 is 2.63 bits per heavy atom. The predicted octanol–water partition coefficient (Wildman–Crippen LogP) is 3.11. The molecule has 2 N–H and O–H groups in total. The van der Waals surface area contributed by atoms with Gasteiger partial charge in [-0.25, -0.2) is 4.98 Å². The number of nitrogens with zero attached hydrogens (tertiary/aromatic N) is 3. The highest BCUT2D eigenvalue weighted by Crippen LogP contribution is 2.30. The van der Waals surface area contributed by atoms with Crippen LogP contribution in [0.2, 0.25) is 0 Å². The third-order valence-electron chi connectivity index (χ3n) is 5.87. The lowest BCUT2D eigenvalue weighted by Gasteiger charge is -2.35. The van der Waals surface area contributed by atoms with E-state index >= 15 is 0 Å². The van der Waals surface area contributed by atoms with Crippen LogP contribution < -0.4 is 10.6 Å². The van der Waals surface area contributed by atoms with Gasteiger partial charge >= 0.3 is 0 Å². The van der Waals surface area contributed by atoms with Crippen molar-refractivity contribution < 1.29 is 9.59 Å². The SMILES string of the molecule is CN(C(=O)c1cccc(NC(=O)CCn2ccnc2)c1)C1CC2CCC(C1)N2.Cl.Cl. The molecule has 2 bridgehead atoms. The van der Waals surface area contributed by atoms with Crippen LogP contribution >= 0.6 is 24.8 Å². The fourth-order valence-corrected chi connectivity index (χ4v) is 4.32. The fraction of sp³-hybridized carbons (Fsp3) is 0.476. The number of rotatable bonds is 6. The van der Waals surface area contributed by atoms with Gasteiger partial charge in [0.25, 0.3) is 5.91 Å². The number of halogens is 2. The molecule has 7 nitrogen and oxygen atoms in total. The van der Waals surface area contributed by atoms with Gasteiger partial charge in [0.2, 0.25) is 5.91 Å². The maximum atomic E-state index is 13.0. The van der Waals surface area contributed by atoms with Gasteiger partial charge in [-0.3, -0.25) is 9.59 Å². The van der Waals surface area contributed by atoms with Crippen molar-refractivity contribution >= 4 is 42.3 Å². The van der Waals surface area contributed by atoms with Crippen LogP contribution in [0.3, 0.4) is 0 Å². The molecule has 0 saturated carbocycles. The summed E-state index contributed by atoms with van der Waals surface area (Å²) < 4.78 is 1.86. The topological polar surface area (TPSA) is 79.3 Å². The minimum atomic E-state index is -0.0819. The summed E-state index contributed by atoms with van der Waals surface area (Å²) in [5.41, 5.74) is 1.26. The summed E-state index contributed by atoms with van der Waals surface area (Å²) in [7, 11) is 1.90. The number of hydrogen-bond acceptors (Lipinski definition) is 4. The van der Waals surface area contributed by atoms with E-state index in [1.807, 2.05) is 40.9 Å². The van der Waals surface area contributed by atoms with Crippen LogP contribution in [0.15, 0.2) is 43.0 Å². The molecule has 164 valence electrons. The number of aromatic nitrogens is 2. The van der Waals surface area contributed by atoms with E-state index in [1.54, 1.807) is 18.6 Å². The highest BCUT2D eigenvalue weighted by molar-refractivity contribution is 5.97. The Hall–Kier alpha value is -2.09. The molecule has 2 aliphatic heterocycles. The van der Waals surface area contributed by atoms with Crippen LogP contribution in [-0.4, -0.2) is 51.4 Å². The Bertz CT molecular complexity index is 834. The maximum Gasteiger partial charge on any atom is 0.253 e. The molecule has 9 heteroatoms. The van der Waals surface area contributed by atoms with Crippen molar-refractivity contribution in [3.8, 4) is 0 Å². The van der Waals surface area contributed by atoms with E-state index in [4.69, 9.17) is 0 Å². The first-order chi connectivity index (χ1) is 13.6. The molecule has 30 heavy (non-hydrogen) atoms. The molecule has 3 heterocycles. The zero-order valence-electron chi connectivity index (χ0n) is 17.0. The second kappa shape index (κ2) is 10.8. The minimum absolute atomic E-state index is 0. The molecule has 2 aliphatic rings. The number of benzene rings is 1. The van der Waals surface area contributed by atoms with E-state index < -0.39 is 0 Å². The third-order valence-corrected chi connectivity index (χ3v) is 5.87. The van der Waals surface area contributed by atoms with E-state index in [0.717, 1.165) is 12.8 Å². The number of aryl methyl sites for hydroxylation is 1. The monoisotopic (exact) mass is 453 g/mol. The number of imidazole rings is 1. The summed E-state index contributed by atoms with van der Waals surface area (Å²) in [6.07, 6.45) is 10.0. The van der Waals surface area contributed by atoms with Gasteiger partial charge in [-0.05, 0) is 43.9 Å². The van der Waals surface area contributed by atoms with E-state index in [9.17, 15) is 9.59 Å². The molecule has 0 aliphatic carbocycles. The van der Waals surface area contributed by atoms with Crippen molar-refractivity contribution in [2.24, 2.45) is 0 Å². The van der Waals surface area contributed by atoms with Gasteiger partial charge in [0.05, 0.1) is 6.33 Å². The summed E-state index contributed by atoms with van der Waals surface area (Å²) in [4.78, 5) is 31.0. The van der Waals surface area contributed by atoms with Crippen molar-refractivity contribution in [2.75, 3.05) is 12.4 Å². The summed E-state index contributed by atoms with van der Waals surface area (Å²) in [6, 6.07) is 8.58. The van der Waals surface area contributed by atoms with Gasteiger partial charge in [0.15, 0.2) is 0 Å². The lowest BCUT2D eigenvalue weighted by atomic mass is 9.98. The number of hydrogen-bond donors (Lipinski definition) is 2. The summed E-state index contributed by atoms with van der Waals surface area (Å²) >= 11 is 0. The second-order valence-corrected chi connectivity index (χ2v) is 7.86. The predicted molar refractivity (Wildman–Crippen MR) is 121 cm³/mol. The van der Waals surface area contributed by atoms with E-state index in [-0.39, 0.29) is 42.7 Å². The molecular formula is C21H29Cl2N5O2. The number of nitrogens with one attached hydrogen (secondary N) is 2. The molecule has 0 radical (unpaired) electrons. The van der Waals surface area contributed by atoms with Crippen LogP contribution in [0.4, 0.5) is 5.69 Å². The van der Waals surface area contributed by atoms with Crippen molar-refractivity contribution in [3.05, 3.63) is 48.5 Å². The first-order valence-electron chi connectivity index (χ1n) is 9.97. The number of piperidine rings is 1. The number of amides is 2. The Balaban J connectivity index is 0.00000160. The van der Waals surface area contributed by atoms with Crippen molar-refractivity contribution in [2.45, 2.75) is 56.8 Å². The fourth-order valence-electron chi connectivity index (χ4n) is 4.32. The Kier molecular flexibility index (Phi) is 8.70. The second-order valence-electron chi connectivity index (χ2n) is 7.86. The van der Waals surface area contributed by atoms with Gasteiger partial charge in [-0.2, -0.15) is 0 Å². The van der Waals surface area contributed by atoms with Crippen LogP contribution in [0.1, 0.15) is 42.5 Å². The van der Waals surface area contributed by atoms with E-state index in [1.165, 1.54) is 12.8 Å². The Labute approximate surface area is 189 Å². The zero-order valence-corrected chi connectivity index (χ0v) is 18.6. The van der Waals surface area contributed by atoms with Crippen molar-refractivity contribution in [1.82, 2.24) is 19.8 Å². The number of anilines is 1. The smallest absolute Gasteiger partial charge is 0.253 e. The first kappa shape index (κ1) is 24.2. The molecule has 1 aromatic heterocycles. The van der Waals surface area contributed by atoms with Crippen LogP contribution in [0, 0.1) is 0 Å². The quantitative estimate of drug-likeness (QED) is 0.703. The highest BCUT2D eigenvalue weighted by Gasteiger charge is 2.36. The average molecular weight is 454 g/mol. The molecule has 2 aromatic rings. The van der Waals surface area contributed by atoms with Gasteiger partial charge in [-0.15, -0.1) is 24.8 Å². The first-order valence-corrected chi connectivity index (χ1v) is 9.97. The maximum absolute atomic E-state index is 13.0. The number of fused-ring (bicyclic) bond motifs is 2. The molecule has 2 saturated heterocycles. The summed E-state index contributed by atoms with van der Waals surface area (Å²) in [6.45, 7) is 0.575. The Morgan fingerprint density at radius 1 is 1.23 bits per heavy atom. The molecule has 2 atom stereocenters. The standard InChI is InChI=1S/C21H27N5O2.2ClH/c1-25(19-12-17-5-6-18(13-19)23-17)21(28)15-3-2-4-16(11-15)24-20(27)7-9-26-10-8-22-14-26;;/h2-4,8,10-11,14,17-19,23H,5-7,9,12-13H2,1H3,(H,24,27);2*1H. The summed E-state index contributed by atoms with van der Waals surface area (Å²) in [5, 5.41) is 6.50.